The van der Waals surface area contributed by atoms with E-state index >= 15 is 0 Å². The zero-order valence-electron chi connectivity index (χ0n) is 15.2. The molecular weight excluding hydrogens is 394 g/mol. The number of nitrogens with one attached hydrogen (secondary N) is 2. The Bertz CT molecular complexity index is 1250. The highest BCUT2D eigenvalue weighted by Gasteiger charge is 2.19. The van der Waals surface area contributed by atoms with Gasteiger partial charge in [0, 0.05) is 17.3 Å². The van der Waals surface area contributed by atoms with Gasteiger partial charge in [0.1, 0.15) is 15.9 Å². The number of aromatic hydroxyl groups is 1. The second-order valence-electron chi connectivity index (χ2n) is 5.98. The predicted octanol–water partition coefficient (Wildman–Crippen LogP) is 2.09. The van der Waals surface area contributed by atoms with Crippen LogP contribution in [0.2, 0.25) is 0 Å². The molecule has 146 valence electrons. The summed E-state index contributed by atoms with van der Waals surface area (Å²) in [6.07, 6.45) is 1.59. The standard InChI is InChI=1S/C19H15N5O4S/c1-28-13-6-5-10(22-18(13)26)8-21-17(25)11-9-29-15-14(11)23-16(24-19(15)27)12-4-2-3-7-20-12/h2-7,9H,8H2,1H3,(H,21,25)(H,22,26)(H,23,24,27). The van der Waals surface area contributed by atoms with Crippen LogP contribution in [0.15, 0.2) is 46.7 Å². The molecule has 3 N–H and O–H groups in total. The molecule has 4 heterocycles. The first-order valence-corrected chi connectivity index (χ1v) is 9.39. The van der Waals surface area contributed by atoms with E-state index in [1.807, 2.05) is 0 Å². The zero-order chi connectivity index (χ0) is 20.4. The molecule has 0 fully saturated rings. The fourth-order valence-corrected chi connectivity index (χ4v) is 3.58. The third-order valence-electron chi connectivity index (χ3n) is 4.13. The monoisotopic (exact) mass is 409 g/mol. The lowest BCUT2D eigenvalue weighted by molar-refractivity contribution is 0.0952. The summed E-state index contributed by atoms with van der Waals surface area (Å²) in [5.74, 6) is -0.183. The highest BCUT2D eigenvalue weighted by molar-refractivity contribution is 7.17. The smallest absolute Gasteiger partial charge is 0.290 e. The average Bonchev–Trinajstić information content (AvgIpc) is 3.17. The fourth-order valence-electron chi connectivity index (χ4n) is 2.71. The van der Waals surface area contributed by atoms with Gasteiger partial charge in [-0.25, -0.2) is 4.98 Å². The molecule has 0 aliphatic carbocycles. The van der Waals surface area contributed by atoms with Crippen LogP contribution in [0.4, 0.5) is 0 Å². The van der Waals surface area contributed by atoms with Crippen LogP contribution < -0.4 is 15.6 Å². The second-order valence-corrected chi connectivity index (χ2v) is 6.86. The van der Waals surface area contributed by atoms with E-state index in [0.29, 0.717) is 27.2 Å². The summed E-state index contributed by atoms with van der Waals surface area (Å²) >= 11 is 1.17. The highest BCUT2D eigenvalue weighted by atomic mass is 32.1. The number of pyridine rings is 2. The molecule has 0 saturated carbocycles. The van der Waals surface area contributed by atoms with Crippen molar-refractivity contribution in [2.45, 2.75) is 6.54 Å². The average molecular weight is 409 g/mol. The Kier molecular flexibility index (Phi) is 4.92. The number of carbonyl (C=O) groups excluding carboxylic acids is 1. The molecule has 0 aliphatic heterocycles. The topological polar surface area (TPSA) is 130 Å². The largest absolute Gasteiger partial charge is 0.492 e. The van der Waals surface area contributed by atoms with Gasteiger partial charge in [0.05, 0.1) is 19.2 Å². The molecule has 9 nitrogen and oxygen atoms in total. The van der Waals surface area contributed by atoms with Gasteiger partial charge in [0.25, 0.3) is 11.5 Å². The normalized spacial score (nSPS) is 10.8. The van der Waals surface area contributed by atoms with E-state index in [9.17, 15) is 14.7 Å². The SMILES string of the molecule is COc1ccc(CNC(=O)c2csc3c(O)nc(-c4ccccn4)nc23)[nH]c1=O. The number of aromatic nitrogens is 4. The molecule has 4 aromatic heterocycles. The maximum absolute atomic E-state index is 12.7. The number of nitrogens with zero attached hydrogens (tertiary/aromatic N) is 3. The van der Waals surface area contributed by atoms with Crippen LogP contribution in [0.25, 0.3) is 21.7 Å². The van der Waals surface area contributed by atoms with Crippen molar-refractivity contribution in [3.63, 3.8) is 0 Å². The molecule has 0 aliphatic rings. The Morgan fingerprint density at radius 1 is 1.28 bits per heavy atom. The molecule has 0 radical (unpaired) electrons. The van der Waals surface area contributed by atoms with Gasteiger partial charge in [-0.2, -0.15) is 4.98 Å². The van der Waals surface area contributed by atoms with Crippen molar-refractivity contribution in [1.82, 2.24) is 25.3 Å². The summed E-state index contributed by atoms with van der Waals surface area (Å²) in [5.41, 5.74) is 1.27. The summed E-state index contributed by atoms with van der Waals surface area (Å²) in [6.45, 7) is 0.111. The molecule has 4 aromatic rings. The summed E-state index contributed by atoms with van der Waals surface area (Å²) < 4.78 is 5.33. The van der Waals surface area contributed by atoms with Gasteiger partial charge in [-0.15, -0.1) is 11.3 Å². The van der Waals surface area contributed by atoms with E-state index in [1.165, 1.54) is 24.5 Å². The zero-order valence-corrected chi connectivity index (χ0v) is 16.0. The minimum Gasteiger partial charge on any atom is -0.492 e. The van der Waals surface area contributed by atoms with E-state index < -0.39 is 5.91 Å². The van der Waals surface area contributed by atoms with Crippen LogP contribution in [0, 0.1) is 0 Å². The van der Waals surface area contributed by atoms with E-state index in [0.717, 1.165) is 0 Å². The molecule has 10 heteroatoms. The van der Waals surface area contributed by atoms with Gasteiger partial charge in [-0.3, -0.25) is 14.6 Å². The second kappa shape index (κ2) is 7.68. The number of methoxy groups -OCH3 is 1. The molecule has 4 rings (SSSR count). The summed E-state index contributed by atoms with van der Waals surface area (Å²) in [5, 5.41) is 14.6. The molecule has 0 atom stereocenters. The number of hydrogen-bond acceptors (Lipinski definition) is 8. The lowest BCUT2D eigenvalue weighted by Crippen LogP contribution is -2.24. The number of fused-ring (bicyclic) bond motifs is 1. The third kappa shape index (κ3) is 3.65. The Morgan fingerprint density at radius 2 is 2.14 bits per heavy atom. The van der Waals surface area contributed by atoms with Gasteiger partial charge in [-0.1, -0.05) is 6.07 Å². The van der Waals surface area contributed by atoms with Crippen LogP contribution in [-0.2, 0) is 6.54 Å². The van der Waals surface area contributed by atoms with E-state index in [4.69, 9.17) is 4.74 Å². The molecule has 0 unspecified atom stereocenters. The summed E-state index contributed by atoms with van der Waals surface area (Å²) in [6, 6.07) is 8.44. The number of carbonyl (C=O) groups is 1. The minimum atomic E-state index is -0.391. The van der Waals surface area contributed by atoms with Crippen molar-refractivity contribution in [2.24, 2.45) is 0 Å². The van der Waals surface area contributed by atoms with Crippen molar-refractivity contribution in [1.29, 1.82) is 0 Å². The van der Waals surface area contributed by atoms with Gasteiger partial charge in [0.15, 0.2) is 11.6 Å². The number of H-pyrrole nitrogens is 1. The molecule has 1 amide bonds. The van der Waals surface area contributed by atoms with Crippen molar-refractivity contribution in [3.8, 4) is 23.1 Å². The number of aromatic amines is 1. The van der Waals surface area contributed by atoms with E-state index in [1.54, 1.807) is 35.8 Å². The molecule has 0 aromatic carbocycles. The number of rotatable bonds is 5. The number of amides is 1. The van der Waals surface area contributed by atoms with Crippen LogP contribution in [0.1, 0.15) is 16.1 Å². The Hall–Kier alpha value is -3.79. The number of thiophene rings is 1. The number of hydrogen-bond donors (Lipinski definition) is 3. The minimum absolute atomic E-state index is 0.111. The maximum Gasteiger partial charge on any atom is 0.290 e. The first-order chi connectivity index (χ1) is 14.1. The van der Waals surface area contributed by atoms with Gasteiger partial charge in [0.2, 0.25) is 5.88 Å². The van der Waals surface area contributed by atoms with Crippen molar-refractivity contribution in [3.05, 3.63) is 63.5 Å². The quantitative estimate of drug-likeness (QED) is 0.460. The molecule has 29 heavy (non-hydrogen) atoms. The molecule has 0 bridgehead atoms. The first-order valence-electron chi connectivity index (χ1n) is 8.51. The fraction of sp³-hybridized carbons (Fsp3) is 0.105. The maximum atomic E-state index is 12.7. The first kappa shape index (κ1) is 18.6. The van der Waals surface area contributed by atoms with Crippen LogP contribution in [0.3, 0.4) is 0 Å². The summed E-state index contributed by atoms with van der Waals surface area (Å²) in [4.78, 5) is 39.8. The van der Waals surface area contributed by atoms with Gasteiger partial charge >= 0.3 is 0 Å². The van der Waals surface area contributed by atoms with Crippen molar-refractivity contribution >= 4 is 27.5 Å². The Morgan fingerprint density at radius 3 is 2.86 bits per heavy atom. The lowest BCUT2D eigenvalue weighted by atomic mass is 10.2. The molecular formula is C19H15N5O4S. The van der Waals surface area contributed by atoms with Crippen molar-refractivity contribution in [2.75, 3.05) is 7.11 Å². The van der Waals surface area contributed by atoms with Gasteiger partial charge < -0.3 is 20.1 Å². The van der Waals surface area contributed by atoms with E-state index in [-0.39, 0.29) is 29.6 Å². The molecule has 0 saturated heterocycles. The Labute approximate surface area is 168 Å². The predicted molar refractivity (Wildman–Crippen MR) is 107 cm³/mol. The molecule has 0 spiro atoms. The van der Waals surface area contributed by atoms with E-state index in [2.05, 4.69) is 25.3 Å². The van der Waals surface area contributed by atoms with Gasteiger partial charge in [-0.05, 0) is 24.3 Å². The third-order valence-corrected chi connectivity index (χ3v) is 5.09. The van der Waals surface area contributed by atoms with Crippen molar-refractivity contribution < 1.29 is 14.6 Å². The highest BCUT2D eigenvalue weighted by Crippen LogP contribution is 2.32. The van der Waals surface area contributed by atoms with Crippen LogP contribution >= 0.6 is 11.3 Å². The number of ether oxygens (including phenoxy) is 1. The lowest BCUT2D eigenvalue weighted by Gasteiger charge is -2.06. The van der Waals surface area contributed by atoms with Crippen LogP contribution in [0.5, 0.6) is 11.6 Å². The Balaban J connectivity index is 1.61. The summed E-state index contributed by atoms with van der Waals surface area (Å²) in [7, 11) is 1.41. The van der Waals surface area contributed by atoms with Crippen LogP contribution in [-0.4, -0.2) is 38.1 Å².